The van der Waals surface area contributed by atoms with Gasteiger partial charge in [-0.2, -0.15) is 0 Å². The predicted molar refractivity (Wildman–Crippen MR) is 70.1 cm³/mol. The molecule has 0 aliphatic rings. The lowest BCUT2D eigenvalue weighted by Crippen LogP contribution is -2.13. The van der Waals surface area contributed by atoms with Gasteiger partial charge in [0.15, 0.2) is 11.0 Å². The van der Waals surface area contributed by atoms with Gasteiger partial charge in [0.1, 0.15) is 0 Å². The molecule has 5 nitrogen and oxygen atoms in total. The Morgan fingerprint density at radius 2 is 2.11 bits per heavy atom. The Bertz CT molecular complexity index is 572. The maximum Gasteiger partial charge on any atom is 0.295 e. The van der Waals surface area contributed by atoms with Crippen LogP contribution in [0.3, 0.4) is 0 Å². The van der Waals surface area contributed by atoms with Crippen LogP contribution in [-0.4, -0.2) is 15.9 Å². The van der Waals surface area contributed by atoms with Gasteiger partial charge in [-0.1, -0.05) is 13.8 Å². The largest absolute Gasteiger partial charge is 0.436 e. The maximum absolute atomic E-state index is 12.1. The van der Waals surface area contributed by atoms with E-state index in [1.165, 1.54) is 11.3 Å². The average Bonchev–Trinajstić information content (AvgIpc) is 2.85. The maximum atomic E-state index is 12.1. The van der Waals surface area contributed by atoms with Gasteiger partial charge in [-0.05, 0) is 12.8 Å². The number of oxazole rings is 1. The average molecular weight is 265 g/mol. The number of aryl methyl sites for hydroxylation is 2. The molecule has 2 rings (SSSR count). The number of carbonyl (C=O) groups excluding carboxylic acids is 1. The molecule has 1 N–H and O–H groups in total. The smallest absolute Gasteiger partial charge is 0.295 e. The van der Waals surface area contributed by atoms with Crippen LogP contribution >= 0.6 is 11.3 Å². The van der Waals surface area contributed by atoms with Crippen molar-refractivity contribution in [3.63, 3.8) is 0 Å². The van der Waals surface area contributed by atoms with Crippen LogP contribution in [0.5, 0.6) is 0 Å². The third-order valence-corrected chi connectivity index (χ3v) is 3.23. The Morgan fingerprint density at radius 3 is 2.67 bits per heavy atom. The molecule has 0 unspecified atom stereocenters. The number of rotatable bonds is 3. The van der Waals surface area contributed by atoms with E-state index in [4.69, 9.17) is 4.42 Å². The summed E-state index contributed by atoms with van der Waals surface area (Å²) in [6.45, 7) is 7.56. The van der Waals surface area contributed by atoms with Crippen LogP contribution in [0.1, 0.15) is 47.6 Å². The zero-order valence-electron chi connectivity index (χ0n) is 10.8. The van der Waals surface area contributed by atoms with E-state index in [0.29, 0.717) is 16.7 Å². The molecule has 1 amide bonds. The molecule has 18 heavy (non-hydrogen) atoms. The fourth-order valence-electron chi connectivity index (χ4n) is 1.56. The summed E-state index contributed by atoms with van der Waals surface area (Å²) in [6.07, 6.45) is 0. The van der Waals surface area contributed by atoms with Gasteiger partial charge in [-0.3, -0.25) is 10.1 Å². The van der Waals surface area contributed by atoms with E-state index in [1.54, 1.807) is 6.92 Å². The van der Waals surface area contributed by atoms with Crippen LogP contribution < -0.4 is 5.32 Å². The Labute approximate surface area is 109 Å². The van der Waals surface area contributed by atoms with Crippen LogP contribution in [-0.2, 0) is 0 Å². The number of thiazole rings is 1. The normalized spacial score (nSPS) is 10.9. The highest BCUT2D eigenvalue weighted by Crippen LogP contribution is 2.22. The van der Waals surface area contributed by atoms with Gasteiger partial charge in [0, 0.05) is 12.3 Å². The summed E-state index contributed by atoms with van der Waals surface area (Å²) in [5, 5.41) is 5.17. The molecule has 2 aromatic heterocycles. The summed E-state index contributed by atoms with van der Waals surface area (Å²) in [5.41, 5.74) is 1.56. The van der Waals surface area contributed by atoms with Crippen molar-refractivity contribution >= 4 is 22.4 Å². The lowest BCUT2D eigenvalue weighted by atomic mass is 10.1. The van der Waals surface area contributed by atoms with Gasteiger partial charge < -0.3 is 4.42 Å². The van der Waals surface area contributed by atoms with Crippen molar-refractivity contribution < 1.29 is 9.21 Å². The summed E-state index contributed by atoms with van der Waals surface area (Å²) < 4.78 is 5.37. The van der Waals surface area contributed by atoms with Gasteiger partial charge in [0.2, 0.25) is 5.76 Å². The lowest BCUT2D eigenvalue weighted by Gasteiger charge is -2.03. The third kappa shape index (κ3) is 2.59. The third-order valence-electron chi connectivity index (χ3n) is 2.35. The monoisotopic (exact) mass is 265 g/mol. The molecule has 0 aliphatic heterocycles. The van der Waals surface area contributed by atoms with Crippen molar-refractivity contribution in [2.75, 3.05) is 5.32 Å². The Hall–Kier alpha value is -1.69. The molecule has 0 bridgehead atoms. The SMILES string of the molecule is Cc1csc(NC(=O)c2oc(C)nc2C(C)C)n1. The zero-order valence-corrected chi connectivity index (χ0v) is 11.6. The second-order valence-electron chi connectivity index (χ2n) is 4.35. The van der Waals surface area contributed by atoms with Crippen LogP contribution in [0.25, 0.3) is 0 Å². The molecule has 0 aliphatic carbocycles. The summed E-state index contributed by atoms with van der Waals surface area (Å²) in [6, 6.07) is 0. The number of nitrogens with zero attached hydrogens (tertiary/aromatic N) is 2. The Kier molecular flexibility index (Phi) is 3.47. The van der Waals surface area contributed by atoms with Crippen LogP contribution in [0.4, 0.5) is 5.13 Å². The molecule has 0 aromatic carbocycles. The van der Waals surface area contributed by atoms with Crippen molar-refractivity contribution in [1.29, 1.82) is 0 Å². The van der Waals surface area contributed by atoms with Crippen molar-refractivity contribution in [1.82, 2.24) is 9.97 Å². The van der Waals surface area contributed by atoms with Crippen molar-refractivity contribution in [3.8, 4) is 0 Å². The van der Waals surface area contributed by atoms with E-state index in [1.807, 2.05) is 26.2 Å². The number of hydrogen-bond donors (Lipinski definition) is 1. The molecule has 0 fully saturated rings. The van der Waals surface area contributed by atoms with Gasteiger partial charge in [0.25, 0.3) is 5.91 Å². The van der Waals surface area contributed by atoms with E-state index in [2.05, 4.69) is 15.3 Å². The van der Waals surface area contributed by atoms with Crippen molar-refractivity contribution in [3.05, 3.63) is 28.4 Å². The molecule has 0 atom stereocenters. The minimum Gasteiger partial charge on any atom is -0.436 e. The van der Waals surface area contributed by atoms with Gasteiger partial charge in [-0.15, -0.1) is 11.3 Å². The molecule has 2 heterocycles. The molecule has 0 saturated carbocycles. The first-order chi connectivity index (χ1) is 8.47. The van der Waals surface area contributed by atoms with Gasteiger partial charge in [0.05, 0.1) is 11.4 Å². The van der Waals surface area contributed by atoms with E-state index in [-0.39, 0.29) is 17.6 Å². The summed E-state index contributed by atoms with van der Waals surface area (Å²) in [5.74, 6) is 0.615. The fraction of sp³-hybridized carbons (Fsp3) is 0.417. The van der Waals surface area contributed by atoms with Gasteiger partial charge in [-0.25, -0.2) is 9.97 Å². The lowest BCUT2D eigenvalue weighted by molar-refractivity contribution is 0.0993. The van der Waals surface area contributed by atoms with E-state index >= 15 is 0 Å². The zero-order chi connectivity index (χ0) is 13.3. The minimum atomic E-state index is -0.298. The number of nitrogens with one attached hydrogen (secondary N) is 1. The highest BCUT2D eigenvalue weighted by Gasteiger charge is 2.21. The summed E-state index contributed by atoms with van der Waals surface area (Å²) in [4.78, 5) is 20.5. The van der Waals surface area contributed by atoms with Crippen LogP contribution in [0.15, 0.2) is 9.80 Å². The summed E-state index contributed by atoms with van der Waals surface area (Å²) >= 11 is 1.39. The number of aromatic nitrogens is 2. The number of anilines is 1. The van der Waals surface area contributed by atoms with Crippen molar-refractivity contribution in [2.24, 2.45) is 0 Å². The molecular weight excluding hydrogens is 250 g/mol. The first kappa shape index (κ1) is 12.8. The topological polar surface area (TPSA) is 68.0 Å². The standard InChI is InChI=1S/C12H15N3O2S/c1-6(2)9-10(17-8(4)14-9)11(16)15-12-13-7(3)5-18-12/h5-6H,1-4H3,(H,13,15,16). The van der Waals surface area contributed by atoms with Crippen LogP contribution in [0, 0.1) is 13.8 Å². The molecular formula is C12H15N3O2S. The van der Waals surface area contributed by atoms with Crippen molar-refractivity contribution in [2.45, 2.75) is 33.6 Å². The molecule has 6 heteroatoms. The van der Waals surface area contributed by atoms with Crippen LogP contribution in [0.2, 0.25) is 0 Å². The molecule has 0 spiro atoms. The first-order valence-electron chi connectivity index (χ1n) is 5.68. The molecule has 96 valence electrons. The predicted octanol–water partition coefficient (Wildman–Crippen LogP) is 3.12. The minimum absolute atomic E-state index is 0.140. The number of carbonyl (C=O) groups is 1. The second-order valence-corrected chi connectivity index (χ2v) is 5.21. The van der Waals surface area contributed by atoms with E-state index < -0.39 is 0 Å². The fourth-order valence-corrected chi connectivity index (χ4v) is 2.25. The van der Waals surface area contributed by atoms with Gasteiger partial charge >= 0.3 is 0 Å². The molecule has 2 aromatic rings. The highest BCUT2D eigenvalue weighted by atomic mass is 32.1. The number of hydrogen-bond acceptors (Lipinski definition) is 5. The summed E-state index contributed by atoms with van der Waals surface area (Å²) in [7, 11) is 0. The van der Waals surface area contributed by atoms with E-state index in [9.17, 15) is 4.79 Å². The highest BCUT2D eigenvalue weighted by molar-refractivity contribution is 7.13. The van der Waals surface area contributed by atoms with E-state index in [0.717, 1.165) is 5.69 Å². The second kappa shape index (κ2) is 4.89. The quantitative estimate of drug-likeness (QED) is 0.925. The number of amides is 1. The Balaban J connectivity index is 2.23. The molecule has 0 radical (unpaired) electrons. The molecule has 0 saturated heterocycles. The first-order valence-corrected chi connectivity index (χ1v) is 6.56. The Morgan fingerprint density at radius 1 is 1.39 bits per heavy atom.